The molecule has 0 aromatic rings. The van der Waals surface area contributed by atoms with Gasteiger partial charge < -0.3 is 49.1 Å². The molecule has 0 radical (unpaired) electrons. The number of nitrogens with two attached hydrogens (primary N) is 4. The Morgan fingerprint density at radius 1 is 0.875 bits per heavy atom. The summed E-state index contributed by atoms with van der Waals surface area (Å²) >= 11 is 0. The minimum Gasteiger partial charge on any atom is -0.480 e. The molecule has 14 nitrogen and oxygen atoms in total. The number of nitrogens with one attached hydrogen (secondary N) is 3. The van der Waals surface area contributed by atoms with Crippen LogP contribution in [0.2, 0.25) is 0 Å². The van der Waals surface area contributed by atoms with Gasteiger partial charge in [-0.3, -0.25) is 19.4 Å². The van der Waals surface area contributed by atoms with Crippen molar-refractivity contribution in [2.75, 3.05) is 19.7 Å². The summed E-state index contributed by atoms with van der Waals surface area (Å²) in [6.45, 7) is 1.21. The van der Waals surface area contributed by atoms with Gasteiger partial charge in [0.1, 0.15) is 18.1 Å². The van der Waals surface area contributed by atoms with Gasteiger partial charge in [0, 0.05) is 6.54 Å². The monoisotopic (exact) mass is 460 g/mol. The standard InChI is InChI=1S/C18H36N8O6/c1-10(20)14(28)24-11(5-2-3-7-19)15(29)25-12(6-4-8-23-18(21)22)16(30)26-13(9-27)17(31)32/h10-13,27H,2-9,19-20H2,1H3,(H,24,28)(H,25,29)(H,26,30)(H,31,32)(H4,21,22,23). The number of aliphatic hydroxyl groups excluding tert-OH is 1. The number of aliphatic hydroxyl groups is 1. The van der Waals surface area contributed by atoms with Crippen LogP contribution in [-0.2, 0) is 19.2 Å². The number of carbonyl (C=O) groups excluding carboxylic acids is 3. The summed E-state index contributed by atoms with van der Waals surface area (Å²) in [7, 11) is 0. The summed E-state index contributed by atoms with van der Waals surface area (Å²) in [6.07, 6.45) is 1.79. The molecule has 0 aliphatic carbocycles. The van der Waals surface area contributed by atoms with Crippen LogP contribution in [0.3, 0.4) is 0 Å². The SMILES string of the molecule is CC(N)C(=O)NC(CCCCN)C(=O)NC(CCCN=C(N)N)C(=O)NC(CO)C(=O)O. The Kier molecular flexibility index (Phi) is 14.3. The van der Waals surface area contributed by atoms with Gasteiger partial charge in [0.25, 0.3) is 0 Å². The fourth-order valence-electron chi connectivity index (χ4n) is 2.57. The van der Waals surface area contributed by atoms with E-state index in [0.29, 0.717) is 19.4 Å². The fourth-order valence-corrected chi connectivity index (χ4v) is 2.57. The van der Waals surface area contributed by atoms with Gasteiger partial charge in [-0.2, -0.15) is 0 Å². The van der Waals surface area contributed by atoms with Crippen molar-refractivity contribution in [3.05, 3.63) is 0 Å². The molecule has 4 atom stereocenters. The molecular weight excluding hydrogens is 424 g/mol. The van der Waals surface area contributed by atoms with Crippen LogP contribution in [0.5, 0.6) is 0 Å². The Morgan fingerprint density at radius 3 is 1.81 bits per heavy atom. The molecule has 14 heteroatoms. The van der Waals surface area contributed by atoms with E-state index in [1.807, 2.05) is 0 Å². The maximum atomic E-state index is 12.8. The van der Waals surface area contributed by atoms with E-state index in [0.717, 1.165) is 0 Å². The van der Waals surface area contributed by atoms with E-state index in [1.165, 1.54) is 6.92 Å². The molecule has 0 rings (SSSR count). The number of aliphatic imine (C=N–C) groups is 1. The topological polar surface area (TPSA) is 261 Å². The lowest BCUT2D eigenvalue weighted by Gasteiger charge is -2.24. The summed E-state index contributed by atoms with van der Waals surface area (Å²) in [5.41, 5.74) is 21.6. The van der Waals surface area contributed by atoms with Crippen LogP contribution in [0.1, 0.15) is 39.0 Å². The first-order valence-corrected chi connectivity index (χ1v) is 10.3. The lowest BCUT2D eigenvalue weighted by molar-refractivity contribution is -0.143. The second-order valence-corrected chi connectivity index (χ2v) is 7.23. The number of rotatable bonds is 16. The van der Waals surface area contributed by atoms with Gasteiger partial charge in [-0.15, -0.1) is 0 Å². The van der Waals surface area contributed by atoms with Gasteiger partial charge in [-0.25, -0.2) is 4.79 Å². The highest BCUT2D eigenvalue weighted by Gasteiger charge is 2.29. The van der Waals surface area contributed by atoms with E-state index in [4.69, 9.17) is 33.1 Å². The van der Waals surface area contributed by atoms with Gasteiger partial charge >= 0.3 is 5.97 Å². The molecule has 0 aliphatic heterocycles. The third-order valence-electron chi connectivity index (χ3n) is 4.37. The van der Waals surface area contributed by atoms with Gasteiger partial charge in [0.2, 0.25) is 17.7 Å². The van der Waals surface area contributed by atoms with E-state index in [2.05, 4.69) is 20.9 Å². The second-order valence-electron chi connectivity index (χ2n) is 7.23. The number of hydrogen-bond donors (Lipinski definition) is 9. The average molecular weight is 461 g/mol. The summed E-state index contributed by atoms with van der Waals surface area (Å²) in [6, 6.07) is -4.52. The highest BCUT2D eigenvalue weighted by atomic mass is 16.4. The van der Waals surface area contributed by atoms with Crippen molar-refractivity contribution in [1.29, 1.82) is 0 Å². The number of amides is 3. The Balaban J connectivity index is 5.40. The molecule has 0 aliphatic rings. The predicted octanol–water partition coefficient (Wildman–Crippen LogP) is -3.95. The van der Waals surface area contributed by atoms with Crippen LogP contribution in [0.25, 0.3) is 0 Å². The zero-order valence-electron chi connectivity index (χ0n) is 18.3. The van der Waals surface area contributed by atoms with E-state index in [9.17, 15) is 19.2 Å². The molecule has 4 unspecified atom stereocenters. The molecular formula is C18H36N8O6. The third-order valence-corrected chi connectivity index (χ3v) is 4.37. The predicted molar refractivity (Wildman–Crippen MR) is 117 cm³/mol. The quantitative estimate of drug-likeness (QED) is 0.0612. The molecule has 3 amide bonds. The van der Waals surface area contributed by atoms with Gasteiger partial charge in [-0.1, -0.05) is 0 Å². The molecule has 0 saturated carbocycles. The van der Waals surface area contributed by atoms with Crippen LogP contribution in [0.4, 0.5) is 0 Å². The first kappa shape index (κ1) is 29.0. The number of guanidine groups is 1. The highest BCUT2D eigenvalue weighted by Crippen LogP contribution is 2.05. The van der Waals surface area contributed by atoms with Crippen molar-refractivity contribution in [3.63, 3.8) is 0 Å². The number of nitrogens with zero attached hydrogens (tertiary/aromatic N) is 1. The van der Waals surface area contributed by atoms with E-state index >= 15 is 0 Å². The number of unbranched alkanes of at least 4 members (excludes halogenated alkanes) is 1. The Bertz CT molecular complexity index is 653. The minimum absolute atomic E-state index is 0.0723. The number of aliphatic carboxylic acids is 1. The molecule has 32 heavy (non-hydrogen) atoms. The molecule has 0 heterocycles. The smallest absolute Gasteiger partial charge is 0.328 e. The van der Waals surface area contributed by atoms with Gasteiger partial charge in [0.15, 0.2) is 5.96 Å². The van der Waals surface area contributed by atoms with Crippen LogP contribution in [0.15, 0.2) is 4.99 Å². The first-order valence-electron chi connectivity index (χ1n) is 10.3. The largest absolute Gasteiger partial charge is 0.480 e. The van der Waals surface area contributed by atoms with Gasteiger partial charge in [-0.05, 0) is 45.6 Å². The Morgan fingerprint density at radius 2 is 1.38 bits per heavy atom. The van der Waals surface area contributed by atoms with Crippen molar-refractivity contribution < 1.29 is 29.4 Å². The first-order chi connectivity index (χ1) is 15.0. The van der Waals surface area contributed by atoms with Crippen LogP contribution >= 0.6 is 0 Å². The normalized spacial score (nSPS) is 14.4. The minimum atomic E-state index is -1.54. The van der Waals surface area contributed by atoms with Crippen LogP contribution in [0, 0.1) is 0 Å². The summed E-state index contributed by atoms with van der Waals surface area (Å²) in [5.74, 6) is -3.58. The fraction of sp³-hybridized carbons (Fsp3) is 0.722. The number of hydrogen-bond acceptors (Lipinski definition) is 8. The Labute approximate surface area is 186 Å². The van der Waals surface area contributed by atoms with E-state index in [-0.39, 0.29) is 31.8 Å². The maximum absolute atomic E-state index is 12.8. The van der Waals surface area contributed by atoms with Crippen LogP contribution in [-0.4, -0.2) is 83.7 Å². The average Bonchev–Trinajstić information content (AvgIpc) is 2.72. The zero-order chi connectivity index (χ0) is 24.7. The lowest BCUT2D eigenvalue weighted by Crippen LogP contribution is -2.57. The number of carboxylic acid groups (broad SMARTS) is 1. The van der Waals surface area contributed by atoms with Gasteiger partial charge in [0.05, 0.1) is 12.6 Å². The summed E-state index contributed by atoms with van der Waals surface area (Å²) in [4.78, 5) is 52.3. The zero-order valence-corrected chi connectivity index (χ0v) is 18.3. The summed E-state index contributed by atoms with van der Waals surface area (Å²) in [5, 5.41) is 25.4. The van der Waals surface area contributed by atoms with E-state index < -0.39 is 54.5 Å². The van der Waals surface area contributed by atoms with Crippen LogP contribution < -0.4 is 38.9 Å². The van der Waals surface area contributed by atoms with Crippen molar-refractivity contribution in [2.45, 2.75) is 63.2 Å². The van der Waals surface area contributed by atoms with Crippen molar-refractivity contribution in [3.8, 4) is 0 Å². The molecule has 0 aromatic carbocycles. The number of carbonyl (C=O) groups is 4. The second kappa shape index (κ2) is 15.8. The van der Waals surface area contributed by atoms with Crippen molar-refractivity contribution in [1.82, 2.24) is 16.0 Å². The third kappa shape index (κ3) is 12.0. The maximum Gasteiger partial charge on any atom is 0.328 e. The molecule has 0 bridgehead atoms. The molecule has 0 saturated heterocycles. The highest BCUT2D eigenvalue weighted by molar-refractivity contribution is 5.94. The summed E-state index contributed by atoms with van der Waals surface area (Å²) < 4.78 is 0. The van der Waals surface area contributed by atoms with Crippen molar-refractivity contribution >= 4 is 29.7 Å². The Hall–Kier alpha value is -2.97. The van der Waals surface area contributed by atoms with Crippen molar-refractivity contribution in [2.24, 2.45) is 27.9 Å². The van der Waals surface area contributed by atoms with E-state index in [1.54, 1.807) is 0 Å². The molecule has 13 N–H and O–H groups in total. The molecule has 184 valence electrons. The molecule has 0 aromatic heterocycles. The molecule has 0 fully saturated rings. The lowest BCUT2D eigenvalue weighted by atomic mass is 10.1. The number of carboxylic acids is 1. The molecule has 0 spiro atoms.